The van der Waals surface area contributed by atoms with Gasteiger partial charge in [-0.15, -0.1) is 0 Å². The summed E-state index contributed by atoms with van der Waals surface area (Å²) in [6.07, 6.45) is 2.58. The van der Waals surface area contributed by atoms with Crippen LogP contribution in [-0.2, 0) is 20.0 Å². The zero-order chi connectivity index (χ0) is 14.1. The van der Waals surface area contributed by atoms with Gasteiger partial charge < -0.3 is 10.3 Å². The molecule has 0 fully saturated rings. The van der Waals surface area contributed by atoms with Crippen LogP contribution in [0.1, 0.15) is 11.3 Å². The average molecular weight is 266 g/mol. The first-order valence-corrected chi connectivity index (χ1v) is 6.32. The van der Waals surface area contributed by atoms with Crippen LogP contribution in [-0.4, -0.2) is 19.3 Å². The van der Waals surface area contributed by atoms with Crippen LogP contribution in [0.5, 0.6) is 0 Å². The first kappa shape index (κ1) is 12.2. The molecule has 0 spiro atoms. The molecule has 2 heterocycles. The Hall–Kier alpha value is -2.81. The van der Waals surface area contributed by atoms with Crippen molar-refractivity contribution in [2.75, 3.05) is 5.73 Å². The number of nitrogen functional groups attached to an aromatic ring is 1. The largest absolute Gasteiger partial charge is 0.369 e. The fourth-order valence-corrected chi connectivity index (χ4v) is 2.36. The molecule has 2 N–H and O–H groups in total. The maximum Gasteiger partial charge on any atom is 0.201 e. The molecule has 0 bridgehead atoms. The Labute approximate surface area is 116 Å². The molecule has 3 aromatic rings. The SMILES string of the molecule is Cn1nccc1CCn1c(N)nc2c(C#N)cccc21. The topological polar surface area (TPSA) is 85.4 Å². The second-order valence-electron chi connectivity index (χ2n) is 4.60. The zero-order valence-corrected chi connectivity index (χ0v) is 11.1. The summed E-state index contributed by atoms with van der Waals surface area (Å²) in [6.45, 7) is 0.705. The monoisotopic (exact) mass is 266 g/mol. The van der Waals surface area contributed by atoms with Crippen LogP contribution in [0.15, 0.2) is 30.5 Å². The second kappa shape index (κ2) is 4.70. The molecule has 0 unspecified atom stereocenters. The third kappa shape index (κ3) is 1.89. The van der Waals surface area contributed by atoms with Crippen molar-refractivity contribution in [2.24, 2.45) is 7.05 Å². The molecule has 0 aliphatic rings. The molecule has 0 amide bonds. The van der Waals surface area contributed by atoms with Crippen LogP contribution in [0, 0.1) is 11.3 Å². The lowest BCUT2D eigenvalue weighted by molar-refractivity contribution is 0.651. The third-order valence-electron chi connectivity index (χ3n) is 3.44. The van der Waals surface area contributed by atoms with Crippen molar-refractivity contribution < 1.29 is 0 Å². The molecule has 0 aliphatic heterocycles. The number of nitriles is 1. The standard InChI is InChI=1S/C14H14N6/c1-19-11(5-7-17-19)6-8-20-12-4-2-3-10(9-15)13(12)18-14(20)16/h2-5,7H,6,8H2,1H3,(H2,16,18). The van der Waals surface area contributed by atoms with E-state index in [0.717, 1.165) is 17.6 Å². The predicted octanol–water partition coefficient (Wildman–Crippen LogP) is 1.47. The van der Waals surface area contributed by atoms with Crippen molar-refractivity contribution >= 4 is 17.0 Å². The Morgan fingerprint density at radius 3 is 2.90 bits per heavy atom. The fourth-order valence-electron chi connectivity index (χ4n) is 2.36. The lowest BCUT2D eigenvalue weighted by Gasteiger charge is -2.06. The van der Waals surface area contributed by atoms with Gasteiger partial charge in [-0.25, -0.2) is 4.98 Å². The van der Waals surface area contributed by atoms with E-state index in [-0.39, 0.29) is 0 Å². The molecule has 0 saturated carbocycles. The summed E-state index contributed by atoms with van der Waals surface area (Å²) in [7, 11) is 1.92. The molecule has 100 valence electrons. The van der Waals surface area contributed by atoms with Crippen LogP contribution in [0.3, 0.4) is 0 Å². The minimum Gasteiger partial charge on any atom is -0.369 e. The van der Waals surface area contributed by atoms with E-state index < -0.39 is 0 Å². The number of aromatic nitrogens is 4. The highest BCUT2D eigenvalue weighted by Crippen LogP contribution is 2.21. The summed E-state index contributed by atoms with van der Waals surface area (Å²) in [6, 6.07) is 9.66. The molecule has 20 heavy (non-hydrogen) atoms. The van der Waals surface area contributed by atoms with Gasteiger partial charge in [0.05, 0.1) is 11.1 Å². The van der Waals surface area contributed by atoms with Gasteiger partial charge in [0, 0.05) is 31.9 Å². The molecular formula is C14H14N6. The Bertz CT molecular complexity index is 805. The van der Waals surface area contributed by atoms with Gasteiger partial charge in [-0.3, -0.25) is 4.68 Å². The number of para-hydroxylation sites is 1. The molecule has 1 aromatic carbocycles. The minimum atomic E-state index is 0.435. The predicted molar refractivity (Wildman–Crippen MR) is 75.8 cm³/mol. The number of hydrogen-bond acceptors (Lipinski definition) is 4. The summed E-state index contributed by atoms with van der Waals surface area (Å²) in [5, 5.41) is 13.2. The zero-order valence-electron chi connectivity index (χ0n) is 11.1. The first-order chi connectivity index (χ1) is 9.70. The van der Waals surface area contributed by atoms with Gasteiger partial charge in [0.25, 0.3) is 0 Å². The third-order valence-corrected chi connectivity index (χ3v) is 3.44. The van der Waals surface area contributed by atoms with E-state index in [2.05, 4.69) is 16.2 Å². The van der Waals surface area contributed by atoms with E-state index in [9.17, 15) is 0 Å². The molecule has 6 heteroatoms. The summed E-state index contributed by atoms with van der Waals surface area (Å²) < 4.78 is 3.78. The second-order valence-corrected chi connectivity index (χ2v) is 4.60. The summed E-state index contributed by atoms with van der Waals surface area (Å²) in [5.74, 6) is 0.435. The van der Waals surface area contributed by atoms with Crippen molar-refractivity contribution in [3.63, 3.8) is 0 Å². The van der Waals surface area contributed by atoms with Crippen LogP contribution >= 0.6 is 0 Å². The molecule has 0 aliphatic carbocycles. The molecular weight excluding hydrogens is 252 g/mol. The van der Waals surface area contributed by atoms with E-state index in [1.165, 1.54) is 0 Å². The summed E-state index contributed by atoms with van der Waals surface area (Å²) >= 11 is 0. The maximum absolute atomic E-state index is 9.10. The van der Waals surface area contributed by atoms with Crippen LogP contribution in [0.25, 0.3) is 11.0 Å². The fraction of sp³-hybridized carbons (Fsp3) is 0.214. The summed E-state index contributed by atoms with van der Waals surface area (Å²) in [4.78, 5) is 4.30. The highest BCUT2D eigenvalue weighted by Gasteiger charge is 2.11. The van der Waals surface area contributed by atoms with E-state index in [4.69, 9.17) is 11.0 Å². The summed E-state index contributed by atoms with van der Waals surface area (Å²) in [5.41, 5.74) is 9.21. The smallest absolute Gasteiger partial charge is 0.201 e. The van der Waals surface area contributed by atoms with Gasteiger partial charge in [0.1, 0.15) is 11.6 Å². The Balaban J connectivity index is 1.98. The number of aryl methyl sites for hydroxylation is 3. The van der Waals surface area contributed by atoms with E-state index in [1.54, 1.807) is 12.3 Å². The number of hydrogen-bond donors (Lipinski definition) is 1. The van der Waals surface area contributed by atoms with Gasteiger partial charge in [-0.1, -0.05) is 6.07 Å². The van der Waals surface area contributed by atoms with Crippen molar-refractivity contribution in [3.8, 4) is 6.07 Å². The van der Waals surface area contributed by atoms with Crippen LogP contribution in [0.2, 0.25) is 0 Å². The number of anilines is 1. The lowest BCUT2D eigenvalue weighted by atomic mass is 10.2. The highest BCUT2D eigenvalue weighted by molar-refractivity contribution is 5.83. The molecule has 6 nitrogen and oxygen atoms in total. The van der Waals surface area contributed by atoms with Crippen molar-refractivity contribution in [3.05, 3.63) is 41.7 Å². The van der Waals surface area contributed by atoms with E-state index >= 15 is 0 Å². The molecule has 2 aromatic heterocycles. The number of benzene rings is 1. The lowest BCUT2D eigenvalue weighted by Crippen LogP contribution is -2.08. The van der Waals surface area contributed by atoms with Gasteiger partial charge in [0.2, 0.25) is 5.95 Å². The Morgan fingerprint density at radius 2 is 2.20 bits per heavy atom. The normalized spacial score (nSPS) is 10.8. The van der Waals surface area contributed by atoms with Crippen LogP contribution in [0.4, 0.5) is 5.95 Å². The Kier molecular flexibility index (Phi) is 2.88. The molecule has 0 radical (unpaired) electrons. The average Bonchev–Trinajstić information content (AvgIpc) is 2.99. The van der Waals surface area contributed by atoms with Crippen LogP contribution < -0.4 is 5.73 Å². The van der Waals surface area contributed by atoms with Gasteiger partial charge >= 0.3 is 0 Å². The number of nitrogens with zero attached hydrogens (tertiary/aromatic N) is 5. The maximum atomic E-state index is 9.10. The minimum absolute atomic E-state index is 0.435. The van der Waals surface area contributed by atoms with Gasteiger partial charge in [-0.2, -0.15) is 10.4 Å². The number of fused-ring (bicyclic) bond motifs is 1. The molecule has 3 rings (SSSR count). The number of rotatable bonds is 3. The number of nitrogens with two attached hydrogens (primary N) is 1. The quantitative estimate of drug-likeness (QED) is 0.777. The van der Waals surface area contributed by atoms with Gasteiger partial charge in [-0.05, 0) is 18.2 Å². The molecule has 0 atom stereocenters. The van der Waals surface area contributed by atoms with Crippen molar-refractivity contribution in [1.82, 2.24) is 19.3 Å². The Morgan fingerprint density at radius 1 is 1.35 bits per heavy atom. The van der Waals surface area contributed by atoms with E-state index in [0.29, 0.717) is 23.6 Å². The highest BCUT2D eigenvalue weighted by atomic mass is 15.3. The van der Waals surface area contributed by atoms with Crippen molar-refractivity contribution in [2.45, 2.75) is 13.0 Å². The van der Waals surface area contributed by atoms with Crippen molar-refractivity contribution in [1.29, 1.82) is 5.26 Å². The first-order valence-electron chi connectivity index (χ1n) is 6.32. The molecule has 0 saturated heterocycles. The van der Waals surface area contributed by atoms with Gasteiger partial charge in [0.15, 0.2) is 0 Å². The number of imidazole rings is 1. The van der Waals surface area contributed by atoms with E-state index in [1.807, 2.05) is 34.5 Å².